The van der Waals surface area contributed by atoms with Gasteiger partial charge < -0.3 is 5.11 Å². The van der Waals surface area contributed by atoms with E-state index in [1.807, 2.05) is 37.3 Å². The van der Waals surface area contributed by atoms with Crippen LogP contribution in [-0.4, -0.2) is 5.11 Å². The fourth-order valence-corrected chi connectivity index (χ4v) is 2.63. The second-order valence-corrected chi connectivity index (χ2v) is 5.31. The zero-order valence-electron chi connectivity index (χ0n) is 11.6. The number of rotatable bonds is 2. The van der Waals surface area contributed by atoms with Crippen LogP contribution in [0.4, 0.5) is 11.4 Å². The highest BCUT2D eigenvalue weighted by molar-refractivity contribution is 5.60. The molecule has 0 aromatic heterocycles. The SMILES string of the molecule is Cc1ccc(N=Nc2c(O)ccc3c2CCCC3)cc1. The van der Waals surface area contributed by atoms with Crippen LogP contribution in [0.5, 0.6) is 5.75 Å². The number of fused-ring (bicyclic) bond motifs is 1. The van der Waals surface area contributed by atoms with E-state index < -0.39 is 0 Å². The highest BCUT2D eigenvalue weighted by atomic mass is 16.3. The maximum absolute atomic E-state index is 10.0. The minimum absolute atomic E-state index is 0.224. The van der Waals surface area contributed by atoms with Gasteiger partial charge in [0.05, 0.1) is 5.69 Å². The molecule has 0 aliphatic heterocycles. The Morgan fingerprint density at radius 1 is 0.900 bits per heavy atom. The zero-order chi connectivity index (χ0) is 13.9. The largest absolute Gasteiger partial charge is 0.506 e. The van der Waals surface area contributed by atoms with Gasteiger partial charge in [0.2, 0.25) is 0 Å². The van der Waals surface area contributed by atoms with Crippen molar-refractivity contribution in [3.05, 3.63) is 53.1 Å². The summed E-state index contributed by atoms with van der Waals surface area (Å²) in [6, 6.07) is 11.6. The standard InChI is InChI=1S/C17H18N2O/c1-12-6-9-14(10-7-12)18-19-17-15-5-3-2-4-13(15)8-11-16(17)20/h6-11,20H,2-5H2,1H3. The minimum atomic E-state index is 0.224. The summed E-state index contributed by atoms with van der Waals surface area (Å²) in [5.41, 5.74) is 5.11. The Hall–Kier alpha value is -2.16. The van der Waals surface area contributed by atoms with Crippen molar-refractivity contribution < 1.29 is 5.11 Å². The molecule has 0 spiro atoms. The molecule has 0 atom stereocenters. The van der Waals surface area contributed by atoms with Crippen molar-refractivity contribution in [3.63, 3.8) is 0 Å². The molecule has 0 fully saturated rings. The summed E-state index contributed by atoms with van der Waals surface area (Å²) in [6.07, 6.45) is 4.42. The number of hydrogen-bond donors (Lipinski definition) is 1. The molecule has 3 nitrogen and oxygen atoms in total. The quantitative estimate of drug-likeness (QED) is 0.764. The van der Waals surface area contributed by atoms with Crippen LogP contribution < -0.4 is 0 Å². The van der Waals surface area contributed by atoms with Crippen molar-refractivity contribution >= 4 is 11.4 Å². The molecular formula is C17H18N2O. The van der Waals surface area contributed by atoms with Crippen LogP contribution in [0, 0.1) is 6.92 Å². The molecule has 20 heavy (non-hydrogen) atoms. The topological polar surface area (TPSA) is 45.0 Å². The van der Waals surface area contributed by atoms with E-state index in [0.717, 1.165) is 30.5 Å². The Bertz CT molecular complexity index is 645. The summed E-state index contributed by atoms with van der Waals surface area (Å²) >= 11 is 0. The van der Waals surface area contributed by atoms with E-state index in [1.54, 1.807) is 6.07 Å². The monoisotopic (exact) mass is 266 g/mol. The first kappa shape index (κ1) is 12.9. The third-order valence-corrected chi connectivity index (χ3v) is 3.78. The third-order valence-electron chi connectivity index (χ3n) is 3.78. The van der Waals surface area contributed by atoms with Crippen LogP contribution >= 0.6 is 0 Å². The average Bonchev–Trinajstić information content (AvgIpc) is 2.48. The normalized spacial score (nSPS) is 14.4. The van der Waals surface area contributed by atoms with E-state index in [-0.39, 0.29) is 5.75 Å². The Morgan fingerprint density at radius 3 is 2.45 bits per heavy atom. The van der Waals surface area contributed by atoms with E-state index in [0.29, 0.717) is 5.69 Å². The number of aromatic hydroxyl groups is 1. The van der Waals surface area contributed by atoms with Gasteiger partial charge in [-0.15, -0.1) is 5.11 Å². The molecule has 0 unspecified atom stereocenters. The molecule has 2 aromatic rings. The van der Waals surface area contributed by atoms with Gasteiger partial charge in [-0.25, -0.2) is 0 Å². The molecule has 0 radical (unpaired) electrons. The molecule has 3 rings (SSSR count). The van der Waals surface area contributed by atoms with Crippen molar-refractivity contribution in [2.24, 2.45) is 10.2 Å². The number of aryl methyl sites for hydroxylation is 2. The van der Waals surface area contributed by atoms with E-state index >= 15 is 0 Å². The molecule has 1 aliphatic rings. The summed E-state index contributed by atoms with van der Waals surface area (Å²) in [6.45, 7) is 2.04. The number of azo groups is 1. The summed E-state index contributed by atoms with van der Waals surface area (Å²) in [7, 11) is 0. The van der Waals surface area contributed by atoms with Gasteiger partial charge in [-0.1, -0.05) is 23.8 Å². The summed E-state index contributed by atoms with van der Waals surface area (Å²) in [4.78, 5) is 0. The number of nitrogens with zero attached hydrogens (tertiary/aromatic N) is 2. The fourth-order valence-electron chi connectivity index (χ4n) is 2.63. The molecule has 1 N–H and O–H groups in total. The molecule has 3 heteroatoms. The number of phenols is 1. The smallest absolute Gasteiger partial charge is 0.143 e. The molecule has 1 aliphatic carbocycles. The Labute approximate surface area is 119 Å². The lowest BCUT2D eigenvalue weighted by molar-refractivity contribution is 0.474. The van der Waals surface area contributed by atoms with Crippen molar-refractivity contribution in [2.45, 2.75) is 32.6 Å². The van der Waals surface area contributed by atoms with Crippen LogP contribution in [0.1, 0.15) is 29.5 Å². The van der Waals surface area contributed by atoms with Gasteiger partial charge >= 0.3 is 0 Å². The maximum Gasteiger partial charge on any atom is 0.143 e. The van der Waals surface area contributed by atoms with Gasteiger partial charge in [0.15, 0.2) is 0 Å². The second kappa shape index (κ2) is 5.45. The zero-order valence-corrected chi connectivity index (χ0v) is 11.6. The van der Waals surface area contributed by atoms with Crippen LogP contribution in [0.15, 0.2) is 46.6 Å². The van der Waals surface area contributed by atoms with E-state index in [9.17, 15) is 5.11 Å². The highest BCUT2D eigenvalue weighted by Crippen LogP contribution is 2.37. The molecule has 0 saturated carbocycles. The molecule has 2 aromatic carbocycles. The van der Waals surface area contributed by atoms with Crippen LogP contribution in [0.3, 0.4) is 0 Å². The first-order valence-corrected chi connectivity index (χ1v) is 7.06. The predicted octanol–water partition coefficient (Wildman–Crippen LogP) is 4.99. The van der Waals surface area contributed by atoms with Crippen LogP contribution in [-0.2, 0) is 12.8 Å². The maximum atomic E-state index is 10.0. The Kier molecular flexibility index (Phi) is 3.50. The summed E-state index contributed by atoms with van der Waals surface area (Å²) in [5.74, 6) is 0.224. The van der Waals surface area contributed by atoms with Crippen molar-refractivity contribution in [1.82, 2.24) is 0 Å². The number of hydrogen-bond acceptors (Lipinski definition) is 3. The minimum Gasteiger partial charge on any atom is -0.506 e. The van der Waals surface area contributed by atoms with E-state index in [4.69, 9.17) is 0 Å². The van der Waals surface area contributed by atoms with Gasteiger partial charge in [0.25, 0.3) is 0 Å². The lowest BCUT2D eigenvalue weighted by Gasteiger charge is -2.17. The average molecular weight is 266 g/mol. The first-order chi connectivity index (χ1) is 9.74. The number of phenolic OH excluding ortho intramolecular Hbond substituents is 1. The second-order valence-electron chi connectivity index (χ2n) is 5.31. The molecule has 0 saturated heterocycles. The lowest BCUT2D eigenvalue weighted by Crippen LogP contribution is -2.02. The van der Waals surface area contributed by atoms with E-state index in [1.165, 1.54) is 17.5 Å². The first-order valence-electron chi connectivity index (χ1n) is 7.06. The summed E-state index contributed by atoms with van der Waals surface area (Å²) in [5, 5.41) is 18.6. The predicted molar refractivity (Wildman–Crippen MR) is 80.1 cm³/mol. The van der Waals surface area contributed by atoms with Crippen molar-refractivity contribution in [1.29, 1.82) is 0 Å². The van der Waals surface area contributed by atoms with Gasteiger partial charge in [-0.3, -0.25) is 0 Å². The summed E-state index contributed by atoms with van der Waals surface area (Å²) < 4.78 is 0. The van der Waals surface area contributed by atoms with Crippen molar-refractivity contribution in [3.8, 4) is 5.75 Å². The molecule has 102 valence electrons. The van der Waals surface area contributed by atoms with Gasteiger partial charge in [-0.05, 0) is 61.9 Å². The van der Waals surface area contributed by atoms with Gasteiger partial charge in [0.1, 0.15) is 11.4 Å². The Morgan fingerprint density at radius 2 is 1.65 bits per heavy atom. The van der Waals surface area contributed by atoms with Gasteiger partial charge in [0, 0.05) is 0 Å². The van der Waals surface area contributed by atoms with Crippen molar-refractivity contribution in [2.75, 3.05) is 0 Å². The van der Waals surface area contributed by atoms with Crippen LogP contribution in [0.25, 0.3) is 0 Å². The molecule has 0 bridgehead atoms. The highest BCUT2D eigenvalue weighted by Gasteiger charge is 2.16. The van der Waals surface area contributed by atoms with Gasteiger partial charge in [-0.2, -0.15) is 5.11 Å². The molecular weight excluding hydrogens is 248 g/mol. The number of benzene rings is 2. The lowest BCUT2D eigenvalue weighted by atomic mass is 9.90. The molecule has 0 heterocycles. The van der Waals surface area contributed by atoms with Crippen LogP contribution in [0.2, 0.25) is 0 Å². The molecule has 0 amide bonds. The Balaban J connectivity index is 1.95. The fraction of sp³-hybridized carbons (Fsp3) is 0.294. The van der Waals surface area contributed by atoms with E-state index in [2.05, 4.69) is 10.2 Å². The third kappa shape index (κ3) is 2.57.